The van der Waals surface area contributed by atoms with Crippen LogP contribution in [0.2, 0.25) is 5.02 Å². The van der Waals surface area contributed by atoms with Crippen molar-refractivity contribution in [3.05, 3.63) is 94.1 Å². The molecule has 0 amide bonds. The van der Waals surface area contributed by atoms with Crippen LogP contribution in [-0.4, -0.2) is 28.7 Å². The summed E-state index contributed by atoms with van der Waals surface area (Å²) >= 11 is 12.0. The van der Waals surface area contributed by atoms with Crippen LogP contribution in [0.5, 0.6) is 5.75 Å². The van der Waals surface area contributed by atoms with Crippen molar-refractivity contribution in [3.63, 3.8) is 0 Å². The van der Waals surface area contributed by atoms with Crippen molar-refractivity contribution in [3.8, 4) is 5.75 Å². The van der Waals surface area contributed by atoms with Gasteiger partial charge in [-0.15, -0.1) is 0 Å². The summed E-state index contributed by atoms with van der Waals surface area (Å²) in [7, 11) is 1.61. The molecule has 2 heterocycles. The summed E-state index contributed by atoms with van der Waals surface area (Å²) < 4.78 is 44.9. The van der Waals surface area contributed by atoms with Crippen LogP contribution in [0.25, 0.3) is 10.9 Å². The summed E-state index contributed by atoms with van der Waals surface area (Å²) in [4.78, 5) is 5.53. The minimum atomic E-state index is -4.43. The van der Waals surface area contributed by atoms with Crippen molar-refractivity contribution < 1.29 is 17.9 Å². The number of aromatic amines is 1. The van der Waals surface area contributed by atoms with Crippen LogP contribution >= 0.6 is 23.8 Å². The number of benzene rings is 3. The maximum absolute atomic E-state index is 13.2. The van der Waals surface area contributed by atoms with Gasteiger partial charge in [-0.3, -0.25) is 0 Å². The fraction of sp³-hybridized carbons (Fsp3) is 0.192. The molecule has 0 saturated carbocycles. The molecule has 0 fully saturated rings. The molecule has 0 radical (unpaired) electrons. The molecule has 0 saturated heterocycles. The first kappa shape index (κ1) is 23.5. The molecule has 5 rings (SSSR count). The average Bonchev–Trinajstić information content (AvgIpc) is 3.21. The minimum absolute atomic E-state index is 0.276. The maximum Gasteiger partial charge on any atom is 0.416 e. The lowest BCUT2D eigenvalue weighted by Crippen LogP contribution is -2.42. The number of fused-ring (bicyclic) bond motifs is 3. The van der Waals surface area contributed by atoms with Crippen LogP contribution < -0.4 is 10.1 Å². The van der Waals surface area contributed by atoms with Crippen LogP contribution in [0.4, 0.5) is 18.9 Å². The molecule has 2 N–H and O–H groups in total. The number of thiocarbonyl (C=S) groups is 1. The van der Waals surface area contributed by atoms with Gasteiger partial charge in [0.05, 0.1) is 18.7 Å². The molecule has 1 atom stereocenters. The Balaban J connectivity index is 1.54. The Morgan fingerprint density at radius 2 is 1.89 bits per heavy atom. The first-order valence-electron chi connectivity index (χ1n) is 10.9. The molecule has 4 nitrogen and oxygen atoms in total. The van der Waals surface area contributed by atoms with E-state index < -0.39 is 11.7 Å². The van der Waals surface area contributed by atoms with Gasteiger partial charge in [0.2, 0.25) is 0 Å². The average molecular weight is 516 g/mol. The van der Waals surface area contributed by atoms with Crippen molar-refractivity contribution in [2.45, 2.75) is 18.6 Å². The van der Waals surface area contributed by atoms with E-state index in [4.69, 9.17) is 28.6 Å². The highest BCUT2D eigenvalue weighted by atomic mass is 35.5. The number of anilines is 1. The maximum atomic E-state index is 13.2. The molecule has 0 spiro atoms. The van der Waals surface area contributed by atoms with E-state index in [1.165, 1.54) is 6.07 Å². The molecule has 1 aliphatic rings. The van der Waals surface area contributed by atoms with Crippen LogP contribution in [0.3, 0.4) is 0 Å². The van der Waals surface area contributed by atoms with E-state index in [1.807, 2.05) is 47.4 Å². The summed E-state index contributed by atoms with van der Waals surface area (Å²) in [6, 6.07) is 18.2. The van der Waals surface area contributed by atoms with Gasteiger partial charge in [0, 0.05) is 33.9 Å². The number of hydrogen-bond donors (Lipinski definition) is 2. The fourth-order valence-electron chi connectivity index (χ4n) is 4.58. The number of rotatable bonds is 3. The smallest absolute Gasteiger partial charge is 0.416 e. The summed E-state index contributed by atoms with van der Waals surface area (Å²) in [5.41, 5.74) is 3.63. The van der Waals surface area contributed by atoms with Gasteiger partial charge in [-0.05, 0) is 78.3 Å². The Labute approximate surface area is 210 Å². The van der Waals surface area contributed by atoms with E-state index in [9.17, 15) is 13.2 Å². The van der Waals surface area contributed by atoms with Crippen LogP contribution in [0, 0.1) is 0 Å². The Bertz CT molecular complexity index is 1400. The lowest BCUT2D eigenvalue weighted by atomic mass is 9.92. The summed E-state index contributed by atoms with van der Waals surface area (Å²) in [6.07, 6.45) is -3.73. The highest BCUT2D eigenvalue weighted by molar-refractivity contribution is 7.80. The van der Waals surface area contributed by atoms with Crippen molar-refractivity contribution in [2.75, 3.05) is 19.0 Å². The molecule has 1 unspecified atom stereocenters. The van der Waals surface area contributed by atoms with Gasteiger partial charge in [-0.25, -0.2) is 0 Å². The highest BCUT2D eigenvalue weighted by Crippen LogP contribution is 2.40. The molecule has 0 bridgehead atoms. The highest BCUT2D eigenvalue weighted by Gasteiger charge is 2.34. The number of hydrogen-bond acceptors (Lipinski definition) is 2. The number of methoxy groups -OCH3 is 1. The zero-order valence-corrected chi connectivity index (χ0v) is 20.2. The number of H-pyrrole nitrogens is 1. The molecular formula is C26H21ClF3N3OS. The third-order valence-electron chi connectivity index (χ3n) is 6.22. The lowest BCUT2D eigenvalue weighted by molar-refractivity contribution is -0.137. The van der Waals surface area contributed by atoms with Gasteiger partial charge in [0.15, 0.2) is 5.11 Å². The van der Waals surface area contributed by atoms with E-state index in [-0.39, 0.29) is 11.7 Å². The fourth-order valence-corrected chi connectivity index (χ4v) is 5.07. The van der Waals surface area contributed by atoms with Gasteiger partial charge in [0.1, 0.15) is 5.75 Å². The molecule has 4 aromatic rings. The summed E-state index contributed by atoms with van der Waals surface area (Å²) in [6.45, 7) is 0.577. The normalized spacial score (nSPS) is 15.7. The Kier molecular flexibility index (Phi) is 6.11. The number of nitrogens with one attached hydrogen (secondary N) is 2. The quantitative estimate of drug-likeness (QED) is 0.283. The van der Waals surface area contributed by atoms with Crippen molar-refractivity contribution in [2.24, 2.45) is 0 Å². The van der Waals surface area contributed by atoms with E-state index in [1.54, 1.807) is 13.2 Å². The SMILES string of the molecule is COc1ccc(C2c3[nH]c4ccc(Cl)cc4c3CCN2C(=S)Nc2cccc(C(F)(F)F)c2)cc1. The Hall–Kier alpha value is -3.23. The van der Waals surface area contributed by atoms with Crippen LogP contribution in [-0.2, 0) is 12.6 Å². The first-order chi connectivity index (χ1) is 16.7. The molecule has 9 heteroatoms. The van der Waals surface area contributed by atoms with Gasteiger partial charge in [-0.2, -0.15) is 13.2 Å². The number of nitrogens with zero attached hydrogens (tertiary/aromatic N) is 1. The molecule has 0 aliphatic carbocycles. The van der Waals surface area contributed by atoms with E-state index >= 15 is 0 Å². The largest absolute Gasteiger partial charge is 0.497 e. The van der Waals surface area contributed by atoms with Crippen LogP contribution in [0.1, 0.15) is 28.4 Å². The van der Waals surface area contributed by atoms with Crippen molar-refractivity contribution in [1.29, 1.82) is 0 Å². The van der Waals surface area contributed by atoms with E-state index in [2.05, 4.69) is 10.3 Å². The number of aromatic nitrogens is 1. The Morgan fingerprint density at radius 1 is 1.11 bits per heavy atom. The standard InChI is InChI=1S/C26H21ClF3N3OS/c1-34-19-8-5-15(6-9-19)24-23-20(21-14-17(27)7-10-22(21)32-23)11-12-33(24)25(35)31-18-4-2-3-16(13-18)26(28,29)30/h2-10,13-14,24,32H,11-12H2,1H3,(H,31,35). The second kappa shape index (κ2) is 9.09. The van der Waals surface area contributed by atoms with E-state index in [0.717, 1.165) is 45.6 Å². The number of halogens is 4. The van der Waals surface area contributed by atoms with Crippen molar-refractivity contribution in [1.82, 2.24) is 9.88 Å². The second-order valence-corrected chi connectivity index (χ2v) is 9.16. The molecule has 1 aromatic heterocycles. The molecular weight excluding hydrogens is 495 g/mol. The van der Waals surface area contributed by atoms with Gasteiger partial charge >= 0.3 is 6.18 Å². The molecule has 3 aromatic carbocycles. The number of ether oxygens (including phenoxy) is 1. The van der Waals surface area contributed by atoms with E-state index in [0.29, 0.717) is 23.1 Å². The predicted octanol–water partition coefficient (Wildman–Crippen LogP) is 7.19. The molecule has 180 valence electrons. The molecule has 1 aliphatic heterocycles. The topological polar surface area (TPSA) is 40.3 Å². The monoisotopic (exact) mass is 515 g/mol. The van der Waals surface area contributed by atoms with Crippen LogP contribution in [0.15, 0.2) is 66.7 Å². The second-order valence-electron chi connectivity index (χ2n) is 8.33. The summed E-state index contributed by atoms with van der Waals surface area (Å²) in [5, 5.41) is 5.07. The van der Waals surface area contributed by atoms with Gasteiger partial charge in [0.25, 0.3) is 0 Å². The van der Waals surface area contributed by atoms with Gasteiger partial charge < -0.3 is 19.9 Å². The zero-order valence-electron chi connectivity index (χ0n) is 18.6. The zero-order chi connectivity index (χ0) is 24.7. The third kappa shape index (κ3) is 4.56. The van der Waals surface area contributed by atoms with Gasteiger partial charge in [-0.1, -0.05) is 29.8 Å². The van der Waals surface area contributed by atoms with Crippen molar-refractivity contribution >= 4 is 45.5 Å². The third-order valence-corrected chi connectivity index (χ3v) is 6.79. The minimum Gasteiger partial charge on any atom is -0.497 e. The number of alkyl halides is 3. The molecule has 35 heavy (non-hydrogen) atoms. The first-order valence-corrected chi connectivity index (χ1v) is 11.7. The predicted molar refractivity (Wildman–Crippen MR) is 136 cm³/mol. The Morgan fingerprint density at radius 3 is 2.60 bits per heavy atom. The summed E-state index contributed by atoms with van der Waals surface area (Å²) in [5.74, 6) is 0.726. The lowest BCUT2D eigenvalue weighted by Gasteiger charge is -2.38.